The summed E-state index contributed by atoms with van der Waals surface area (Å²) >= 11 is 1.94. The van der Waals surface area contributed by atoms with Gasteiger partial charge in [-0.3, -0.25) is 4.90 Å². The van der Waals surface area contributed by atoms with Crippen LogP contribution >= 0.6 is 22.6 Å². The predicted octanol–water partition coefficient (Wildman–Crippen LogP) is 4.73. The van der Waals surface area contributed by atoms with Crippen LogP contribution in [0.3, 0.4) is 0 Å². The molecule has 0 aliphatic rings. The van der Waals surface area contributed by atoms with Gasteiger partial charge in [0.05, 0.1) is 18.8 Å². The monoisotopic (exact) mass is 429 g/mol. The van der Waals surface area contributed by atoms with Crippen molar-refractivity contribution in [3.05, 3.63) is 23.8 Å². The number of carbonyl (C=O) groups excluding carboxylic acids is 1. The number of amides is 1. The Hall–Kier alpha value is -1.42. The smallest absolute Gasteiger partial charge is 0.415 e. The van der Waals surface area contributed by atoms with E-state index in [9.17, 15) is 9.90 Å². The zero-order valence-corrected chi connectivity index (χ0v) is 16.1. The molecular formula is C18H24INO3. The first-order chi connectivity index (χ1) is 11.0. The van der Waals surface area contributed by atoms with Gasteiger partial charge in [0.1, 0.15) is 5.75 Å². The summed E-state index contributed by atoms with van der Waals surface area (Å²) in [5, 5.41) is 10.2. The van der Waals surface area contributed by atoms with Gasteiger partial charge in [0.25, 0.3) is 0 Å². The highest BCUT2D eigenvalue weighted by Gasteiger charge is 2.21. The van der Waals surface area contributed by atoms with Crippen LogP contribution in [0.2, 0.25) is 0 Å². The van der Waals surface area contributed by atoms with E-state index in [-0.39, 0.29) is 12.3 Å². The zero-order valence-electron chi connectivity index (χ0n) is 13.9. The standard InChI is InChI=1S/C18H24INO3/c1-4-5-12-23-18(22)20(11-7-10-19)16-8-6-9-17(21)15(16)13-14(2)3/h6,8-9,14,21H,4-5,11-13H2,1-3H3. The molecule has 0 aromatic heterocycles. The zero-order chi connectivity index (χ0) is 17.2. The molecule has 0 saturated carbocycles. The van der Waals surface area contributed by atoms with Crippen LogP contribution in [0.4, 0.5) is 10.5 Å². The summed E-state index contributed by atoms with van der Waals surface area (Å²) in [6.45, 7) is 6.82. The highest BCUT2D eigenvalue weighted by atomic mass is 127. The first kappa shape index (κ1) is 19.6. The Morgan fingerprint density at radius 2 is 2.17 bits per heavy atom. The minimum atomic E-state index is -0.423. The maximum absolute atomic E-state index is 12.4. The number of rotatable bonds is 7. The van der Waals surface area contributed by atoms with Gasteiger partial charge in [-0.15, -0.1) is 0 Å². The summed E-state index contributed by atoms with van der Waals surface area (Å²) in [5.74, 6) is 3.45. The number of nitrogens with zero attached hydrogens (tertiary/aromatic N) is 1. The van der Waals surface area contributed by atoms with Gasteiger partial charge in [0.15, 0.2) is 0 Å². The average Bonchev–Trinajstić information content (AvgIpc) is 2.50. The van der Waals surface area contributed by atoms with E-state index in [0.717, 1.165) is 18.4 Å². The van der Waals surface area contributed by atoms with Gasteiger partial charge >= 0.3 is 6.09 Å². The molecule has 0 bridgehead atoms. The molecule has 0 fully saturated rings. The van der Waals surface area contributed by atoms with Crippen molar-refractivity contribution in [2.24, 2.45) is 5.92 Å². The van der Waals surface area contributed by atoms with Crippen LogP contribution < -0.4 is 4.90 Å². The molecular weight excluding hydrogens is 405 g/mol. The highest BCUT2D eigenvalue weighted by Crippen LogP contribution is 2.31. The predicted molar refractivity (Wildman–Crippen MR) is 102 cm³/mol. The third-order valence-electron chi connectivity index (χ3n) is 3.28. The summed E-state index contributed by atoms with van der Waals surface area (Å²) in [6.07, 6.45) is 2.05. The number of hydrogen-bond acceptors (Lipinski definition) is 3. The Labute approximate surface area is 152 Å². The Bertz CT molecular complexity index is 575. The van der Waals surface area contributed by atoms with Gasteiger partial charge in [-0.25, -0.2) is 4.79 Å². The maximum atomic E-state index is 12.4. The number of halogens is 1. The normalized spacial score (nSPS) is 10.1. The Morgan fingerprint density at radius 3 is 2.78 bits per heavy atom. The number of anilines is 1. The van der Waals surface area contributed by atoms with Gasteiger partial charge < -0.3 is 9.84 Å². The number of phenolic OH excluding ortho intramolecular Hbond substituents is 1. The quantitative estimate of drug-likeness (QED) is 0.388. The van der Waals surface area contributed by atoms with E-state index in [1.807, 2.05) is 35.6 Å². The lowest BCUT2D eigenvalue weighted by atomic mass is 9.99. The Morgan fingerprint density at radius 1 is 1.43 bits per heavy atom. The molecule has 1 amide bonds. The molecule has 5 heteroatoms. The Balaban J connectivity index is 3.12. The van der Waals surface area contributed by atoms with Crippen molar-refractivity contribution in [2.75, 3.05) is 18.1 Å². The number of phenols is 1. The average molecular weight is 429 g/mol. The topological polar surface area (TPSA) is 49.8 Å². The second-order valence-corrected chi connectivity index (χ2v) is 6.24. The maximum Gasteiger partial charge on any atom is 0.415 e. The van der Waals surface area contributed by atoms with E-state index < -0.39 is 6.09 Å². The molecule has 0 atom stereocenters. The van der Waals surface area contributed by atoms with E-state index in [0.29, 0.717) is 24.6 Å². The summed E-state index contributed by atoms with van der Waals surface area (Å²) in [4.78, 5) is 13.9. The summed E-state index contributed by atoms with van der Waals surface area (Å²) < 4.78 is 8.10. The van der Waals surface area contributed by atoms with Crippen LogP contribution in [0.5, 0.6) is 5.75 Å². The van der Waals surface area contributed by atoms with Gasteiger partial charge in [-0.2, -0.15) is 0 Å². The number of hydrogen-bond donors (Lipinski definition) is 1. The lowest BCUT2D eigenvalue weighted by Gasteiger charge is -2.24. The summed E-state index contributed by atoms with van der Waals surface area (Å²) in [6, 6.07) is 5.21. The highest BCUT2D eigenvalue weighted by molar-refractivity contribution is 14.1. The van der Waals surface area contributed by atoms with Gasteiger partial charge in [0, 0.05) is 28.2 Å². The fraction of sp³-hybridized carbons (Fsp3) is 0.500. The lowest BCUT2D eigenvalue weighted by Crippen LogP contribution is -2.33. The molecule has 1 aromatic rings. The summed E-state index contributed by atoms with van der Waals surface area (Å²) in [5.41, 5.74) is 1.42. The molecule has 23 heavy (non-hydrogen) atoms. The molecule has 0 saturated heterocycles. The van der Waals surface area contributed by atoms with Gasteiger partial charge in [-0.05, 0) is 34.8 Å². The molecule has 4 nitrogen and oxygen atoms in total. The largest absolute Gasteiger partial charge is 0.508 e. The van der Waals surface area contributed by atoms with Crippen molar-refractivity contribution in [1.82, 2.24) is 0 Å². The van der Waals surface area contributed by atoms with Crippen molar-refractivity contribution in [3.8, 4) is 15.6 Å². The fourth-order valence-corrected chi connectivity index (χ4v) is 2.34. The summed E-state index contributed by atoms with van der Waals surface area (Å²) in [7, 11) is 0. The molecule has 0 heterocycles. The number of carbonyl (C=O) groups is 1. The van der Waals surface area contributed by atoms with Gasteiger partial charge in [-0.1, -0.05) is 39.2 Å². The second kappa shape index (κ2) is 10.4. The van der Waals surface area contributed by atoms with Crippen molar-refractivity contribution in [1.29, 1.82) is 0 Å². The number of ether oxygens (including phenoxy) is 1. The first-order valence-electron chi connectivity index (χ1n) is 7.84. The molecule has 0 unspecified atom stereocenters. The number of benzene rings is 1. The Kier molecular flexibility index (Phi) is 8.85. The van der Waals surface area contributed by atoms with Crippen LogP contribution in [0.1, 0.15) is 39.2 Å². The van der Waals surface area contributed by atoms with E-state index in [1.54, 1.807) is 12.1 Å². The van der Waals surface area contributed by atoms with Crippen molar-refractivity contribution >= 4 is 34.4 Å². The third-order valence-corrected chi connectivity index (χ3v) is 3.66. The van der Waals surface area contributed by atoms with Crippen LogP contribution in [0, 0.1) is 15.8 Å². The van der Waals surface area contributed by atoms with E-state index >= 15 is 0 Å². The van der Waals surface area contributed by atoms with Crippen LogP contribution in [0.25, 0.3) is 0 Å². The first-order valence-corrected chi connectivity index (χ1v) is 8.92. The molecule has 0 radical (unpaired) electrons. The lowest BCUT2D eigenvalue weighted by molar-refractivity contribution is 0.152. The number of unbranched alkanes of at least 4 members (excludes halogenated alkanes) is 1. The van der Waals surface area contributed by atoms with Crippen LogP contribution in [-0.4, -0.2) is 24.4 Å². The van der Waals surface area contributed by atoms with Crippen molar-refractivity contribution in [3.63, 3.8) is 0 Å². The van der Waals surface area contributed by atoms with Crippen LogP contribution in [0.15, 0.2) is 18.2 Å². The minimum Gasteiger partial charge on any atom is -0.508 e. The molecule has 1 rings (SSSR count). The van der Waals surface area contributed by atoms with Gasteiger partial charge in [0.2, 0.25) is 0 Å². The molecule has 0 spiro atoms. The molecule has 126 valence electrons. The van der Waals surface area contributed by atoms with Crippen molar-refractivity contribution < 1.29 is 14.6 Å². The third kappa shape index (κ3) is 6.30. The second-order valence-electron chi connectivity index (χ2n) is 5.70. The number of aromatic hydroxyl groups is 1. The fourth-order valence-electron chi connectivity index (χ4n) is 2.17. The van der Waals surface area contributed by atoms with Crippen molar-refractivity contribution in [2.45, 2.75) is 40.0 Å². The molecule has 0 aliphatic carbocycles. The van der Waals surface area contributed by atoms with E-state index in [1.165, 1.54) is 4.90 Å². The molecule has 1 aromatic carbocycles. The van der Waals surface area contributed by atoms with Crippen LogP contribution in [-0.2, 0) is 11.2 Å². The molecule has 0 aliphatic heterocycles. The van der Waals surface area contributed by atoms with E-state index in [4.69, 9.17) is 4.74 Å². The molecule has 1 N–H and O–H groups in total. The minimum absolute atomic E-state index is 0.199. The van der Waals surface area contributed by atoms with E-state index in [2.05, 4.69) is 23.7 Å². The SMILES string of the molecule is CCCCOC(=O)N(CC#CI)c1cccc(O)c1CC(C)C.